The molecule has 0 unspecified atom stereocenters. The number of aryl methyl sites for hydroxylation is 2. The molecule has 0 saturated carbocycles. The van der Waals surface area contributed by atoms with Gasteiger partial charge in [0.25, 0.3) is 11.8 Å². The minimum absolute atomic E-state index is 0.119. The SMILES string of the molecule is C#Cc1cccc(Oc2cnc3ccccc3c2C(=O)NCC(F)(F)c2ccc(C)cc2C)c1. The van der Waals surface area contributed by atoms with Crippen LogP contribution in [-0.2, 0) is 5.92 Å². The van der Waals surface area contributed by atoms with Gasteiger partial charge in [-0.05, 0) is 43.7 Å². The summed E-state index contributed by atoms with van der Waals surface area (Å²) in [5.74, 6) is -0.874. The van der Waals surface area contributed by atoms with Crippen LogP contribution in [0.1, 0.15) is 32.6 Å². The third-order valence-electron chi connectivity index (χ3n) is 5.44. The zero-order valence-electron chi connectivity index (χ0n) is 18.7. The first-order valence-electron chi connectivity index (χ1n) is 10.6. The molecule has 0 atom stereocenters. The Labute approximate surface area is 196 Å². The van der Waals surface area contributed by atoms with Crippen molar-refractivity contribution >= 4 is 16.8 Å². The van der Waals surface area contributed by atoms with Crippen molar-refractivity contribution < 1.29 is 18.3 Å². The lowest BCUT2D eigenvalue weighted by Gasteiger charge is -2.20. The number of pyridine rings is 1. The lowest BCUT2D eigenvalue weighted by Crippen LogP contribution is -2.35. The van der Waals surface area contributed by atoms with Crippen molar-refractivity contribution in [2.24, 2.45) is 0 Å². The molecule has 170 valence electrons. The fourth-order valence-corrected chi connectivity index (χ4v) is 3.81. The van der Waals surface area contributed by atoms with E-state index in [0.717, 1.165) is 5.56 Å². The first-order chi connectivity index (χ1) is 16.3. The number of aromatic nitrogens is 1. The number of hydrogen-bond donors (Lipinski definition) is 1. The average Bonchev–Trinajstić information content (AvgIpc) is 2.82. The van der Waals surface area contributed by atoms with Crippen LogP contribution >= 0.6 is 0 Å². The lowest BCUT2D eigenvalue weighted by atomic mass is 10.00. The first-order valence-corrected chi connectivity index (χ1v) is 10.6. The number of ether oxygens (including phenoxy) is 1. The predicted molar refractivity (Wildman–Crippen MR) is 128 cm³/mol. The number of carbonyl (C=O) groups excluding carboxylic acids is 1. The number of para-hydroxylation sites is 1. The number of amides is 1. The van der Waals surface area contributed by atoms with Gasteiger partial charge in [0.2, 0.25) is 0 Å². The summed E-state index contributed by atoms with van der Waals surface area (Å²) in [6, 6.07) is 18.5. The minimum Gasteiger partial charge on any atom is -0.455 e. The molecule has 1 N–H and O–H groups in total. The van der Waals surface area contributed by atoms with Gasteiger partial charge in [-0.1, -0.05) is 53.9 Å². The summed E-state index contributed by atoms with van der Waals surface area (Å²) in [5, 5.41) is 2.88. The maximum absolute atomic E-state index is 15.0. The average molecular weight is 456 g/mol. The summed E-state index contributed by atoms with van der Waals surface area (Å²) in [7, 11) is 0. The Balaban J connectivity index is 1.67. The van der Waals surface area contributed by atoms with E-state index >= 15 is 0 Å². The Bertz CT molecular complexity index is 1420. The zero-order chi connectivity index (χ0) is 24.3. The molecule has 4 nitrogen and oxygen atoms in total. The van der Waals surface area contributed by atoms with E-state index in [9.17, 15) is 13.6 Å². The van der Waals surface area contributed by atoms with Gasteiger partial charge >= 0.3 is 0 Å². The second-order valence-corrected chi connectivity index (χ2v) is 7.99. The van der Waals surface area contributed by atoms with Crippen molar-refractivity contribution in [3.05, 3.63) is 101 Å². The number of benzene rings is 3. The summed E-state index contributed by atoms with van der Waals surface area (Å²) >= 11 is 0. The summed E-state index contributed by atoms with van der Waals surface area (Å²) in [4.78, 5) is 17.6. The highest BCUT2D eigenvalue weighted by Gasteiger charge is 2.34. The molecule has 0 fully saturated rings. The van der Waals surface area contributed by atoms with Gasteiger partial charge in [0.1, 0.15) is 5.75 Å². The number of terminal acetylenes is 1. The number of carbonyl (C=O) groups is 1. The van der Waals surface area contributed by atoms with E-state index in [4.69, 9.17) is 11.2 Å². The van der Waals surface area contributed by atoms with E-state index in [1.807, 2.05) is 6.92 Å². The Kier molecular flexibility index (Phi) is 6.29. The molecular weight excluding hydrogens is 434 g/mol. The van der Waals surface area contributed by atoms with Crippen LogP contribution in [0, 0.1) is 26.2 Å². The Morgan fingerprint density at radius 1 is 1.09 bits per heavy atom. The van der Waals surface area contributed by atoms with Gasteiger partial charge in [0.15, 0.2) is 5.75 Å². The van der Waals surface area contributed by atoms with Crippen LogP contribution in [0.25, 0.3) is 10.9 Å². The number of rotatable bonds is 6. The number of fused-ring (bicyclic) bond motifs is 1. The number of nitrogens with one attached hydrogen (secondary N) is 1. The van der Waals surface area contributed by atoms with Crippen molar-refractivity contribution in [1.29, 1.82) is 0 Å². The van der Waals surface area contributed by atoms with E-state index in [0.29, 0.717) is 27.8 Å². The summed E-state index contributed by atoms with van der Waals surface area (Å²) < 4.78 is 35.9. The van der Waals surface area contributed by atoms with Gasteiger partial charge in [0, 0.05) is 16.5 Å². The summed E-state index contributed by atoms with van der Waals surface area (Å²) in [6.45, 7) is 2.61. The van der Waals surface area contributed by atoms with Gasteiger partial charge in [-0.2, -0.15) is 8.78 Å². The van der Waals surface area contributed by atoms with Crippen LogP contribution in [0.4, 0.5) is 8.78 Å². The van der Waals surface area contributed by atoms with Crippen LogP contribution in [-0.4, -0.2) is 17.4 Å². The van der Waals surface area contributed by atoms with E-state index in [1.165, 1.54) is 12.3 Å². The molecule has 0 bridgehead atoms. The molecule has 0 radical (unpaired) electrons. The van der Waals surface area contributed by atoms with Gasteiger partial charge in [-0.3, -0.25) is 9.78 Å². The molecule has 4 aromatic rings. The molecule has 0 aliphatic carbocycles. The highest BCUT2D eigenvalue weighted by Crippen LogP contribution is 2.33. The maximum Gasteiger partial charge on any atom is 0.290 e. The second kappa shape index (κ2) is 9.32. The van der Waals surface area contributed by atoms with Gasteiger partial charge in [-0.25, -0.2) is 0 Å². The monoisotopic (exact) mass is 456 g/mol. The quantitative estimate of drug-likeness (QED) is 0.354. The predicted octanol–water partition coefficient (Wildman–Crippen LogP) is 6.15. The van der Waals surface area contributed by atoms with Gasteiger partial charge in [-0.15, -0.1) is 6.42 Å². The van der Waals surface area contributed by atoms with Crippen molar-refractivity contribution in [3.8, 4) is 23.8 Å². The van der Waals surface area contributed by atoms with Gasteiger partial charge < -0.3 is 10.1 Å². The third kappa shape index (κ3) is 4.74. The standard InChI is InChI=1S/C28H22F2N2O2/c1-4-20-8-7-9-21(15-20)34-25-16-31-24-11-6-5-10-22(24)26(25)27(33)32-17-28(29,30)23-13-12-18(2)14-19(23)3/h1,5-16H,17H2,2-3H3,(H,32,33). The Morgan fingerprint density at radius 2 is 1.88 bits per heavy atom. The molecule has 1 heterocycles. The summed E-state index contributed by atoms with van der Waals surface area (Å²) in [6.07, 6.45) is 6.86. The molecule has 34 heavy (non-hydrogen) atoms. The molecule has 0 spiro atoms. The number of alkyl halides is 2. The van der Waals surface area contributed by atoms with Crippen molar-refractivity contribution in [2.45, 2.75) is 19.8 Å². The molecular formula is C28H22F2N2O2. The van der Waals surface area contributed by atoms with Crippen LogP contribution in [0.3, 0.4) is 0 Å². The third-order valence-corrected chi connectivity index (χ3v) is 5.44. The highest BCUT2D eigenvalue weighted by molar-refractivity contribution is 6.08. The topological polar surface area (TPSA) is 51.2 Å². The largest absolute Gasteiger partial charge is 0.455 e. The second-order valence-electron chi connectivity index (χ2n) is 7.99. The highest BCUT2D eigenvalue weighted by atomic mass is 19.3. The fraction of sp³-hybridized carbons (Fsp3) is 0.143. The summed E-state index contributed by atoms with van der Waals surface area (Å²) in [5.41, 5.74) is 2.49. The smallest absolute Gasteiger partial charge is 0.290 e. The molecule has 0 saturated heterocycles. The zero-order valence-corrected chi connectivity index (χ0v) is 18.7. The Morgan fingerprint density at radius 3 is 2.65 bits per heavy atom. The number of nitrogens with zero attached hydrogens (tertiary/aromatic N) is 1. The van der Waals surface area contributed by atoms with Crippen molar-refractivity contribution in [3.63, 3.8) is 0 Å². The minimum atomic E-state index is -3.25. The first kappa shape index (κ1) is 22.9. The van der Waals surface area contributed by atoms with E-state index < -0.39 is 18.4 Å². The molecule has 3 aromatic carbocycles. The van der Waals surface area contributed by atoms with Gasteiger partial charge in [0.05, 0.1) is 23.8 Å². The molecule has 6 heteroatoms. The van der Waals surface area contributed by atoms with Crippen LogP contribution in [0.5, 0.6) is 11.5 Å². The fourth-order valence-electron chi connectivity index (χ4n) is 3.81. The molecule has 1 aromatic heterocycles. The molecule has 4 rings (SSSR count). The van der Waals surface area contributed by atoms with E-state index in [2.05, 4.69) is 16.2 Å². The van der Waals surface area contributed by atoms with Crippen LogP contribution in [0.2, 0.25) is 0 Å². The van der Waals surface area contributed by atoms with Crippen molar-refractivity contribution in [1.82, 2.24) is 10.3 Å². The number of hydrogen-bond acceptors (Lipinski definition) is 3. The van der Waals surface area contributed by atoms with E-state index in [1.54, 1.807) is 67.6 Å². The van der Waals surface area contributed by atoms with Crippen molar-refractivity contribution in [2.75, 3.05) is 6.54 Å². The Hall–Kier alpha value is -4.24. The van der Waals surface area contributed by atoms with E-state index in [-0.39, 0.29) is 16.9 Å². The van der Waals surface area contributed by atoms with Crippen LogP contribution < -0.4 is 10.1 Å². The number of halogens is 2. The normalized spacial score (nSPS) is 11.1. The lowest BCUT2D eigenvalue weighted by molar-refractivity contribution is -0.00308. The maximum atomic E-state index is 15.0. The molecule has 0 aliphatic heterocycles. The molecule has 1 amide bonds. The molecule has 0 aliphatic rings. The van der Waals surface area contributed by atoms with Crippen LogP contribution in [0.15, 0.2) is 72.9 Å².